The first-order chi connectivity index (χ1) is 12.1. The second-order valence-electron chi connectivity index (χ2n) is 5.53. The summed E-state index contributed by atoms with van der Waals surface area (Å²) in [5.41, 5.74) is 3.34. The lowest BCUT2D eigenvalue weighted by molar-refractivity contribution is 0.101. The van der Waals surface area contributed by atoms with Gasteiger partial charge in [-0.15, -0.1) is 5.10 Å². The Morgan fingerprint density at radius 2 is 2.00 bits per heavy atom. The minimum atomic E-state index is -0.353. The number of carbonyl (C=O) groups excluding carboxylic acids is 1. The Hall–Kier alpha value is -2.70. The minimum Gasteiger partial charge on any atom is -0.378 e. The van der Waals surface area contributed by atoms with Crippen molar-refractivity contribution in [1.82, 2.24) is 15.0 Å². The Kier molecular flexibility index (Phi) is 5.11. The zero-order valence-electron chi connectivity index (χ0n) is 13.9. The van der Waals surface area contributed by atoms with Crippen molar-refractivity contribution < 1.29 is 9.53 Å². The molecular weight excluding hydrogens is 340 g/mol. The van der Waals surface area contributed by atoms with E-state index >= 15 is 0 Å². The van der Waals surface area contributed by atoms with Gasteiger partial charge in [-0.05, 0) is 48.9 Å². The maximum Gasteiger partial charge on any atom is 0.278 e. The number of aryl methyl sites for hydroxylation is 1. The number of benzene rings is 2. The van der Waals surface area contributed by atoms with E-state index in [0.717, 1.165) is 11.3 Å². The summed E-state index contributed by atoms with van der Waals surface area (Å²) in [6.07, 6.45) is 0. The van der Waals surface area contributed by atoms with Crippen LogP contribution in [-0.4, -0.2) is 28.0 Å². The number of aromatic nitrogens is 3. The summed E-state index contributed by atoms with van der Waals surface area (Å²) in [6, 6.07) is 14.6. The van der Waals surface area contributed by atoms with Crippen LogP contribution in [-0.2, 0) is 11.3 Å². The fraction of sp³-hybridized carbons (Fsp3) is 0.167. The van der Waals surface area contributed by atoms with Crippen LogP contribution in [0.4, 0.5) is 5.69 Å². The van der Waals surface area contributed by atoms with E-state index in [4.69, 9.17) is 16.3 Å². The van der Waals surface area contributed by atoms with E-state index in [1.165, 1.54) is 0 Å². The highest BCUT2D eigenvalue weighted by atomic mass is 35.5. The minimum absolute atomic E-state index is 0.213. The number of methoxy groups -OCH3 is 1. The van der Waals surface area contributed by atoms with Crippen LogP contribution in [0, 0.1) is 6.92 Å². The molecule has 1 aromatic heterocycles. The maximum absolute atomic E-state index is 12.6. The molecule has 2 aromatic carbocycles. The molecule has 3 rings (SSSR count). The van der Waals surface area contributed by atoms with Gasteiger partial charge in [-0.2, -0.15) is 0 Å². The number of amides is 1. The lowest BCUT2D eigenvalue weighted by Gasteiger charge is -2.08. The summed E-state index contributed by atoms with van der Waals surface area (Å²) in [5, 5.41) is 11.6. The van der Waals surface area contributed by atoms with Gasteiger partial charge in [-0.25, -0.2) is 4.68 Å². The summed E-state index contributed by atoms with van der Waals surface area (Å²) >= 11 is 5.86. The molecule has 1 heterocycles. The molecule has 25 heavy (non-hydrogen) atoms. The smallest absolute Gasteiger partial charge is 0.278 e. The third kappa shape index (κ3) is 3.87. The van der Waals surface area contributed by atoms with E-state index in [-0.39, 0.29) is 18.2 Å². The quantitative estimate of drug-likeness (QED) is 0.758. The number of hydrogen-bond acceptors (Lipinski definition) is 4. The van der Waals surface area contributed by atoms with Gasteiger partial charge in [0.2, 0.25) is 0 Å². The summed E-state index contributed by atoms with van der Waals surface area (Å²) in [6.45, 7) is 2.20. The van der Waals surface area contributed by atoms with Crippen LogP contribution in [0.1, 0.15) is 21.7 Å². The standard InChI is InChI=1S/C18H17ClN4O2/c1-12-4-3-5-15(10-12)23-16(11-25-2)17(21-22-23)18(24)20-14-8-6-13(19)7-9-14/h3-10H,11H2,1-2H3,(H,20,24). The van der Waals surface area contributed by atoms with Gasteiger partial charge < -0.3 is 10.1 Å². The van der Waals surface area contributed by atoms with Crippen LogP contribution in [0.2, 0.25) is 5.02 Å². The normalized spacial score (nSPS) is 10.7. The van der Waals surface area contributed by atoms with Gasteiger partial charge in [0, 0.05) is 17.8 Å². The first-order valence-corrected chi connectivity index (χ1v) is 8.04. The topological polar surface area (TPSA) is 69.0 Å². The third-order valence-corrected chi connectivity index (χ3v) is 3.86. The molecule has 0 atom stereocenters. The lowest BCUT2D eigenvalue weighted by Crippen LogP contribution is -2.16. The van der Waals surface area contributed by atoms with Crippen molar-refractivity contribution in [2.75, 3.05) is 12.4 Å². The third-order valence-electron chi connectivity index (χ3n) is 3.61. The second-order valence-corrected chi connectivity index (χ2v) is 5.97. The fourth-order valence-corrected chi connectivity index (χ4v) is 2.56. The summed E-state index contributed by atoms with van der Waals surface area (Å²) in [7, 11) is 1.56. The zero-order chi connectivity index (χ0) is 17.8. The Morgan fingerprint density at radius 3 is 2.68 bits per heavy atom. The van der Waals surface area contributed by atoms with Crippen molar-refractivity contribution in [2.45, 2.75) is 13.5 Å². The second kappa shape index (κ2) is 7.46. The van der Waals surface area contributed by atoms with E-state index in [2.05, 4.69) is 15.6 Å². The summed E-state index contributed by atoms with van der Waals surface area (Å²) < 4.78 is 6.86. The Morgan fingerprint density at radius 1 is 1.24 bits per heavy atom. The predicted molar refractivity (Wildman–Crippen MR) is 96.2 cm³/mol. The first kappa shape index (κ1) is 17.1. The number of nitrogens with one attached hydrogen (secondary N) is 1. The Balaban J connectivity index is 1.93. The van der Waals surface area contributed by atoms with E-state index in [9.17, 15) is 4.79 Å². The molecule has 0 spiro atoms. The average Bonchev–Trinajstić information content (AvgIpc) is 3.01. The molecule has 0 fully saturated rings. The molecule has 0 saturated carbocycles. The van der Waals surface area contributed by atoms with Crippen molar-refractivity contribution in [3.63, 3.8) is 0 Å². The van der Waals surface area contributed by atoms with E-state index in [1.54, 1.807) is 36.1 Å². The maximum atomic E-state index is 12.6. The number of rotatable bonds is 5. The van der Waals surface area contributed by atoms with Gasteiger partial charge in [-0.1, -0.05) is 28.9 Å². The number of anilines is 1. The van der Waals surface area contributed by atoms with Crippen molar-refractivity contribution in [3.05, 3.63) is 70.5 Å². The summed E-state index contributed by atoms with van der Waals surface area (Å²) in [4.78, 5) is 12.6. The molecule has 3 aromatic rings. The molecule has 0 unspecified atom stereocenters. The molecule has 128 valence electrons. The number of carbonyl (C=O) groups is 1. The highest BCUT2D eigenvalue weighted by molar-refractivity contribution is 6.30. The number of ether oxygens (including phenoxy) is 1. The number of hydrogen-bond donors (Lipinski definition) is 1. The highest BCUT2D eigenvalue weighted by Crippen LogP contribution is 2.18. The fourth-order valence-electron chi connectivity index (χ4n) is 2.43. The molecule has 0 aliphatic heterocycles. The van der Waals surface area contributed by atoms with Crippen LogP contribution in [0.25, 0.3) is 5.69 Å². The largest absolute Gasteiger partial charge is 0.378 e. The van der Waals surface area contributed by atoms with Crippen LogP contribution < -0.4 is 5.32 Å². The molecule has 0 aliphatic carbocycles. The molecule has 7 heteroatoms. The molecule has 0 aliphatic rings. The molecule has 1 N–H and O–H groups in total. The van der Waals surface area contributed by atoms with Crippen molar-refractivity contribution in [1.29, 1.82) is 0 Å². The van der Waals surface area contributed by atoms with E-state index in [1.807, 2.05) is 31.2 Å². The molecular formula is C18H17ClN4O2. The predicted octanol–water partition coefficient (Wildman–Crippen LogP) is 3.63. The molecule has 0 saturated heterocycles. The zero-order valence-corrected chi connectivity index (χ0v) is 14.6. The lowest BCUT2D eigenvalue weighted by atomic mass is 10.2. The van der Waals surface area contributed by atoms with Crippen LogP contribution in [0.3, 0.4) is 0 Å². The van der Waals surface area contributed by atoms with Crippen molar-refractivity contribution in [3.8, 4) is 5.69 Å². The van der Waals surface area contributed by atoms with Gasteiger partial charge in [0.1, 0.15) is 5.69 Å². The molecule has 0 bridgehead atoms. The SMILES string of the molecule is COCc1c(C(=O)Nc2ccc(Cl)cc2)nnn1-c1cccc(C)c1. The van der Waals surface area contributed by atoms with E-state index < -0.39 is 0 Å². The van der Waals surface area contributed by atoms with Crippen LogP contribution >= 0.6 is 11.6 Å². The van der Waals surface area contributed by atoms with Gasteiger partial charge in [0.25, 0.3) is 5.91 Å². The van der Waals surface area contributed by atoms with Crippen LogP contribution in [0.5, 0.6) is 0 Å². The van der Waals surface area contributed by atoms with Crippen LogP contribution in [0.15, 0.2) is 48.5 Å². The monoisotopic (exact) mass is 356 g/mol. The number of halogens is 1. The van der Waals surface area contributed by atoms with Gasteiger partial charge in [0.05, 0.1) is 12.3 Å². The van der Waals surface area contributed by atoms with Gasteiger partial charge >= 0.3 is 0 Å². The number of nitrogens with zero attached hydrogens (tertiary/aromatic N) is 3. The molecule has 1 amide bonds. The van der Waals surface area contributed by atoms with E-state index in [0.29, 0.717) is 16.4 Å². The average molecular weight is 357 g/mol. The summed E-state index contributed by atoms with van der Waals surface area (Å²) in [5.74, 6) is -0.353. The Bertz CT molecular complexity index is 890. The van der Waals surface area contributed by atoms with Crippen molar-refractivity contribution >= 4 is 23.2 Å². The molecule has 6 nitrogen and oxygen atoms in total. The highest BCUT2D eigenvalue weighted by Gasteiger charge is 2.20. The first-order valence-electron chi connectivity index (χ1n) is 7.66. The van der Waals surface area contributed by atoms with Gasteiger partial charge in [-0.3, -0.25) is 4.79 Å². The Labute approximate surface area is 150 Å². The van der Waals surface area contributed by atoms with Gasteiger partial charge in [0.15, 0.2) is 5.69 Å². The van der Waals surface area contributed by atoms with Crippen molar-refractivity contribution in [2.24, 2.45) is 0 Å². The molecule has 0 radical (unpaired) electrons.